The number of rotatable bonds is 6. The number of hydrogen-bond acceptors (Lipinski definition) is 3. The van der Waals surface area contributed by atoms with E-state index < -0.39 is 0 Å². The zero-order chi connectivity index (χ0) is 17.7. The fourth-order valence-corrected chi connectivity index (χ4v) is 3.25. The molecule has 1 aliphatic heterocycles. The minimum Gasteiger partial charge on any atom is -0.348 e. The topological polar surface area (TPSA) is 35.6 Å². The van der Waals surface area contributed by atoms with E-state index in [-0.39, 0.29) is 11.9 Å². The average molecular weight is 332 g/mol. The highest BCUT2D eigenvalue weighted by Crippen LogP contribution is 2.16. The summed E-state index contributed by atoms with van der Waals surface area (Å²) >= 11 is 0. The van der Waals surface area contributed by atoms with Crippen molar-refractivity contribution in [3.05, 3.63) is 34.9 Å². The van der Waals surface area contributed by atoms with E-state index in [4.69, 9.17) is 0 Å². The molecule has 1 saturated heterocycles. The van der Waals surface area contributed by atoms with E-state index in [9.17, 15) is 4.79 Å². The Morgan fingerprint density at radius 1 is 1.04 bits per heavy atom. The number of nitrogens with zero attached hydrogens (tertiary/aromatic N) is 2. The van der Waals surface area contributed by atoms with Gasteiger partial charge in [0.2, 0.25) is 5.91 Å². The Morgan fingerprint density at radius 3 is 2.25 bits per heavy atom. The summed E-state index contributed by atoms with van der Waals surface area (Å²) < 4.78 is 0. The second-order valence-electron chi connectivity index (χ2n) is 7.60. The first kappa shape index (κ1) is 18.9. The Kier molecular flexibility index (Phi) is 6.81. The van der Waals surface area contributed by atoms with E-state index in [1.807, 2.05) is 0 Å². The molecule has 0 spiro atoms. The van der Waals surface area contributed by atoms with Crippen LogP contribution in [0.15, 0.2) is 18.2 Å². The lowest BCUT2D eigenvalue weighted by Gasteiger charge is -2.35. The van der Waals surface area contributed by atoms with Crippen LogP contribution in [0.2, 0.25) is 0 Å². The molecule has 1 aromatic rings. The lowest BCUT2D eigenvalue weighted by Crippen LogP contribution is -2.50. The summed E-state index contributed by atoms with van der Waals surface area (Å²) in [7, 11) is 0. The average Bonchev–Trinajstić information content (AvgIpc) is 2.51. The zero-order valence-electron chi connectivity index (χ0n) is 15.9. The number of hydrogen-bond donors (Lipinski definition) is 1. The van der Waals surface area contributed by atoms with E-state index in [1.54, 1.807) is 0 Å². The molecule has 0 saturated carbocycles. The molecule has 1 atom stereocenters. The van der Waals surface area contributed by atoms with Crippen LogP contribution >= 0.6 is 0 Å². The second-order valence-corrected chi connectivity index (χ2v) is 7.60. The molecule has 1 unspecified atom stereocenters. The largest absolute Gasteiger partial charge is 0.348 e. The molecule has 1 fully saturated rings. The van der Waals surface area contributed by atoms with Gasteiger partial charge in [-0.1, -0.05) is 32.0 Å². The molecular formula is C20H33N3O. The van der Waals surface area contributed by atoms with Gasteiger partial charge in [-0.15, -0.1) is 0 Å². The smallest absolute Gasteiger partial charge is 0.234 e. The molecule has 1 aromatic carbocycles. The van der Waals surface area contributed by atoms with E-state index in [0.717, 1.165) is 32.7 Å². The van der Waals surface area contributed by atoms with Crippen molar-refractivity contribution in [1.82, 2.24) is 15.1 Å². The maximum absolute atomic E-state index is 12.3. The number of aryl methyl sites for hydroxylation is 2. The SMILES string of the molecule is Cc1ccc(C(C)NC(=O)CN2CCN(CC(C)C)CC2)cc1C. The predicted molar refractivity (Wildman–Crippen MR) is 100 cm³/mol. The molecule has 0 aromatic heterocycles. The van der Waals surface area contributed by atoms with E-state index >= 15 is 0 Å². The van der Waals surface area contributed by atoms with Gasteiger partial charge in [0, 0.05) is 32.7 Å². The molecule has 4 heteroatoms. The Balaban J connectivity index is 1.78. The third-order valence-electron chi connectivity index (χ3n) is 4.86. The van der Waals surface area contributed by atoms with Crippen molar-refractivity contribution in [3.63, 3.8) is 0 Å². The van der Waals surface area contributed by atoms with E-state index in [2.05, 4.69) is 67.9 Å². The standard InChI is InChI=1S/C20H33N3O/c1-15(2)13-22-8-10-23(11-9-22)14-20(24)21-18(5)19-7-6-16(3)17(4)12-19/h6-7,12,15,18H,8-11,13-14H2,1-5H3,(H,21,24). The van der Waals surface area contributed by atoms with Gasteiger partial charge in [0.05, 0.1) is 12.6 Å². The molecule has 24 heavy (non-hydrogen) atoms. The van der Waals surface area contributed by atoms with Gasteiger partial charge in [0.25, 0.3) is 0 Å². The quantitative estimate of drug-likeness (QED) is 0.871. The number of amides is 1. The van der Waals surface area contributed by atoms with Gasteiger partial charge in [-0.05, 0) is 43.4 Å². The van der Waals surface area contributed by atoms with Crippen LogP contribution in [0.3, 0.4) is 0 Å². The van der Waals surface area contributed by atoms with Crippen LogP contribution in [-0.2, 0) is 4.79 Å². The predicted octanol–water partition coefficient (Wildman–Crippen LogP) is 2.75. The van der Waals surface area contributed by atoms with Crippen LogP contribution in [0.4, 0.5) is 0 Å². The van der Waals surface area contributed by atoms with Crippen LogP contribution in [0.5, 0.6) is 0 Å². The molecule has 0 aliphatic carbocycles. The molecule has 0 radical (unpaired) electrons. The van der Waals surface area contributed by atoms with Crippen LogP contribution in [0.25, 0.3) is 0 Å². The highest BCUT2D eigenvalue weighted by Gasteiger charge is 2.20. The summed E-state index contributed by atoms with van der Waals surface area (Å²) in [6.07, 6.45) is 0. The summed E-state index contributed by atoms with van der Waals surface area (Å²) in [5.41, 5.74) is 3.74. The molecule has 1 amide bonds. The normalized spacial score (nSPS) is 17.9. The number of nitrogens with one attached hydrogen (secondary N) is 1. The van der Waals surface area contributed by atoms with Gasteiger partial charge in [-0.2, -0.15) is 0 Å². The molecule has 1 N–H and O–H groups in total. The Labute approximate surface area is 147 Å². The molecule has 2 rings (SSSR count). The molecule has 4 nitrogen and oxygen atoms in total. The van der Waals surface area contributed by atoms with Crippen LogP contribution in [0.1, 0.15) is 43.5 Å². The molecule has 0 bridgehead atoms. The maximum atomic E-state index is 12.3. The monoisotopic (exact) mass is 331 g/mol. The number of piperazine rings is 1. The van der Waals surface area contributed by atoms with Crippen molar-refractivity contribution < 1.29 is 4.79 Å². The van der Waals surface area contributed by atoms with Crippen molar-refractivity contribution in [2.24, 2.45) is 5.92 Å². The van der Waals surface area contributed by atoms with Crippen molar-refractivity contribution >= 4 is 5.91 Å². The Hall–Kier alpha value is -1.39. The third-order valence-corrected chi connectivity index (χ3v) is 4.86. The van der Waals surface area contributed by atoms with Crippen molar-refractivity contribution in [2.75, 3.05) is 39.3 Å². The number of carbonyl (C=O) groups is 1. The van der Waals surface area contributed by atoms with Gasteiger partial charge in [-0.3, -0.25) is 9.69 Å². The minimum absolute atomic E-state index is 0.0547. The fraction of sp³-hybridized carbons (Fsp3) is 0.650. The molecule has 134 valence electrons. The maximum Gasteiger partial charge on any atom is 0.234 e. The third kappa shape index (κ3) is 5.60. The van der Waals surface area contributed by atoms with E-state index in [1.165, 1.54) is 16.7 Å². The molecule has 1 aliphatic rings. The lowest BCUT2D eigenvalue weighted by atomic mass is 10.0. The van der Waals surface area contributed by atoms with Crippen molar-refractivity contribution in [2.45, 2.75) is 40.7 Å². The first-order chi connectivity index (χ1) is 11.3. The van der Waals surface area contributed by atoms with Gasteiger partial charge >= 0.3 is 0 Å². The summed E-state index contributed by atoms with van der Waals surface area (Å²) in [4.78, 5) is 17.1. The lowest BCUT2D eigenvalue weighted by molar-refractivity contribution is -0.123. The fourth-order valence-electron chi connectivity index (χ4n) is 3.25. The Bertz CT molecular complexity index is 548. The highest BCUT2D eigenvalue weighted by molar-refractivity contribution is 5.78. The summed E-state index contributed by atoms with van der Waals surface area (Å²) in [6, 6.07) is 6.46. The van der Waals surface area contributed by atoms with Crippen molar-refractivity contribution in [1.29, 1.82) is 0 Å². The first-order valence-electron chi connectivity index (χ1n) is 9.16. The second kappa shape index (κ2) is 8.63. The number of benzene rings is 1. The number of carbonyl (C=O) groups excluding carboxylic acids is 1. The highest BCUT2D eigenvalue weighted by atomic mass is 16.2. The van der Waals surface area contributed by atoms with Gasteiger partial charge < -0.3 is 10.2 Å². The van der Waals surface area contributed by atoms with Crippen molar-refractivity contribution in [3.8, 4) is 0 Å². The molecule has 1 heterocycles. The van der Waals surface area contributed by atoms with Crippen LogP contribution < -0.4 is 5.32 Å². The zero-order valence-corrected chi connectivity index (χ0v) is 15.9. The van der Waals surface area contributed by atoms with Crippen LogP contribution in [-0.4, -0.2) is 55.0 Å². The van der Waals surface area contributed by atoms with Gasteiger partial charge in [0.1, 0.15) is 0 Å². The molecular weight excluding hydrogens is 298 g/mol. The summed E-state index contributed by atoms with van der Waals surface area (Å²) in [6.45, 7) is 16.6. The summed E-state index contributed by atoms with van der Waals surface area (Å²) in [5, 5.41) is 3.14. The van der Waals surface area contributed by atoms with Crippen LogP contribution in [0, 0.1) is 19.8 Å². The van der Waals surface area contributed by atoms with E-state index in [0.29, 0.717) is 12.5 Å². The minimum atomic E-state index is 0.0547. The first-order valence-corrected chi connectivity index (χ1v) is 9.16. The van der Waals surface area contributed by atoms with Gasteiger partial charge in [0.15, 0.2) is 0 Å². The summed E-state index contributed by atoms with van der Waals surface area (Å²) in [5.74, 6) is 0.830. The van der Waals surface area contributed by atoms with Gasteiger partial charge in [-0.25, -0.2) is 0 Å². The Morgan fingerprint density at radius 2 is 1.67 bits per heavy atom.